The first kappa shape index (κ1) is 11.6. The molecule has 2 amide bonds. The molecule has 4 nitrogen and oxygen atoms in total. The lowest BCUT2D eigenvalue weighted by atomic mass is 9.81. The zero-order valence-corrected chi connectivity index (χ0v) is 10.0. The minimum absolute atomic E-state index is 0.00477. The van der Waals surface area contributed by atoms with Crippen LogP contribution in [0.4, 0.5) is 0 Å². The van der Waals surface area contributed by atoms with Gasteiger partial charge in [0.1, 0.15) is 0 Å². The average Bonchev–Trinajstić information content (AvgIpc) is 2.53. The van der Waals surface area contributed by atoms with E-state index in [1.54, 1.807) is 0 Å². The van der Waals surface area contributed by atoms with E-state index in [9.17, 15) is 9.59 Å². The van der Waals surface area contributed by atoms with Gasteiger partial charge >= 0.3 is 0 Å². The number of carbonyl (C=O) groups excluding carboxylic acids is 2. The summed E-state index contributed by atoms with van der Waals surface area (Å²) in [6, 6.07) is 0. The second-order valence-corrected chi connectivity index (χ2v) is 5.53. The van der Waals surface area contributed by atoms with Gasteiger partial charge in [-0.3, -0.25) is 14.5 Å². The van der Waals surface area contributed by atoms with E-state index >= 15 is 0 Å². The number of carbonyl (C=O) groups is 2. The molecule has 90 valence electrons. The van der Waals surface area contributed by atoms with E-state index in [-0.39, 0.29) is 23.7 Å². The highest BCUT2D eigenvalue weighted by molar-refractivity contribution is 6.05. The van der Waals surface area contributed by atoms with Gasteiger partial charge in [-0.2, -0.15) is 0 Å². The molecular weight excluding hydrogens is 204 g/mol. The van der Waals surface area contributed by atoms with Crippen LogP contribution >= 0.6 is 0 Å². The summed E-state index contributed by atoms with van der Waals surface area (Å²) >= 11 is 0. The van der Waals surface area contributed by atoms with Crippen LogP contribution < -0.4 is 5.73 Å². The van der Waals surface area contributed by atoms with Crippen molar-refractivity contribution >= 4 is 11.8 Å². The van der Waals surface area contributed by atoms with Crippen LogP contribution in [0.5, 0.6) is 0 Å². The normalized spacial score (nSPS) is 30.8. The van der Waals surface area contributed by atoms with Crippen molar-refractivity contribution in [2.24, 2.45) is 17.6 Å². The molecule has 2 atom stereocenters. The summed E-state index contributed by atoms with van der Waals surface area (Å²) in [6.45, 7) is 4.05. The van der Waals surface area contributed by atoms with Crippen LogP contribution in [0, 0.1) is 11.8 Å². The van der Waals surface area contributed by atoms with E-state index in [1.807, 2.05) is 13.8 Å². The molecule has 2 aliphatic rings. The third kappa shape index (κ3) is 1.56. The summed E-state index contributed by atoms with van der Waals surface area (Å²) in [5.41, 5.74) is 5.12. The van der Waals surface area contributed by atoms with E-state index in [4.69, 9.17) is 5.73 Å². The quantitative estimate of drug-likeness (QED) is 0.709. The molecule has 0 radical (unpaired) electrons. The Hall–Kier alpha value is -0.900. The van der Waals surface area contributed by atoms with Gasteiger partial charge in [-0.05, 0) is 26.7 Å². The first-order valence-electron chi connectivity index (χ1n) is 6.07. The second-order valence-electron chi connectivity index (χ2n) is 5.53. The molecule has 2 N–H and O–H groups in total. The van der Waals surface area contributed by atoms with Crippen molar-refractivity contribution in [3.63, 3.8) is 0 Å². The topological polar surface area (TPSA) is 63.4 Å². The first-order chi connectivity index (χ1) is 7.49. The van der Waals surface area contributed by atoms with Crippen LogP contribution in [0.2, 0.25) is 0 Å². The van der Waals surface area contributed by atoms with Crippen molar-refractivity contribution in [3.8, 4) is 0 Å². The lowest BCUT2D eigenvalue weighted by Crippen LogP contribution is -2.52. The van der Waals surface area contributed by atoms with Crippen molar-refractivity contribution < 1.29 is 9.59 Å². The lowest BCUT2D eigenvalue weighted by molar-refractivity contribution is -0.145. The van der Waals surface area contributed by atoms with Crippen LogP contribution in [-0.4, -0.2) is 28.8 Å². The largest absolute Gasteiger partial charge is 0.328 e. The highest BCUT2D eigenvalue weighted by atomic mass is 16.2. The van der Waals surface area contributed by atoms with Crippen LogP contribution in [-0.2, 0) is 9.59 Å². The smallest absolute Gasteiger partial charge is 0.233 e. The van der Waals surface area contributed by atoms with Gasteiger partial charge in [-0.1, -0.05) is 12.8 Å². The van der Waals surface area contributed by atoms with Gasteiger partial charge in [0, 0.05) is 6.54 Å². The fraction of sp³-hybridized carbons (Fsp3) is 0.833. The molecule has 0 aromatic carbocycles. The molecule has 4 heteroatoms. The maximum atomic E-state index is 12.2. The Labute approximate surface area is 96.2 Å². The van der Waals surface area contributed by atoms with Crippen LogP contribution in [0.25, 0.3) is 0 Å². The fourth-order valence-corrected chi connectivity index (χ4v) is 2.85. The van der Waals surface area contributed by atoms with Gasteiger partial charge in [-0.15, -0.1) is 0 Å². The van der Waals surface area contributed by atoms with E-state index in [0.717, 1.165) is 25.7 Å². The van der Waals surface area contributed by atoms with E-state index in [1.165, 1.54) is 4.90 Å². The minimum Gasteiger partial charge on any atom is -0.328 e. The Morgan fingerprint density at radius 2 is 1.62 bits per heavy atom. The molecule has 16 heavy (non-hydrogen) atoms. The SMILES string of the molecule is CC(C)(CN)N1C(=O)C2CCCCC2C1=O. The highest BCUT2D eigenvalue weighted by Crippen LogP contribution is 2.40. The summed E-state index contributed by atoms with van der Waals surface area (Å²) in [5.74, 6) is -0.116. The van der Waals surface area contributed by atoms with Crippen molar-refractivity contribution in [3.05, 3.63) is 0 Å². The number of rotatable bonds is 2. The highest BCUT2D eigenvalue weighted by Gasteiger charge is 2.52. The molecule has 0 bridgehead atoms. The van der Waals surface area contributed by atoms with E-state index < -0.39 is 5.54 Å². The molecule has 0 aromatic heterocycles. The molecule has 2 fully saturated rings. The number of amides is 2. The summed E-state index contributed by atoms with van der Waals surface area (Å²) in [7, 11) is 0. The predicted molar refractivity (Wildman–Crippen MR) is 60.4 cm³/mol. The van der Waals surface area contributed by atoms with Crippen LogP contribution in [0.15, 0.2) is 0 Å². The molecule has 1 saturated carbocycles. The van der Waals surface area contributed by atoms with Crippen LogP contribution in [0.1, 0.15) is 39.5 Å². The fourth-order valence-electron chi connectivity index (χ4n) is 2.85. The number of imide groups is 1. The Balaban J connectivity index is 2.28. The molecular formula is C12H20N2O2. The number of nitrogens with zero attached hydrogens (tertiary/aromatic N) is 1. The minimum atomic E-state index is -0.536. The van der Waals surface area contributed by atoms with Gasteiger partial charge in [0.05, 0.1) is 17.4 Å². The zero-order valence-electron chi connectivity index (χ0n) is 10.0. The molecule has 1 heterocycles. The zero-order chi connectivity index (χ0) is 11.9. The Kier molecular flexibility index (Phi) is 2.78. The summed E-state index contributed by atoms with van der Waals surface area (Å²) in [6.07, 6.45) is 3.87. The molecule has 1 aliphatic heterocycles. The average molecular weight is 224 g/mol. The van der Waals surface area contributed by atoms with Crippen molar-refractivity contribution in [1.82, 2.24) is 4.90 Å². The second kappa shape index (κ2) is 3.84. The first-order valence-corrected chi connectivity index (χ1v) is 6.07. The maximum absolute atomic E-state index is 12.2. The Morgan fingerprint density at radius 1 is 1.19 bits per heavy atom. The number of nitrogens with two attached hydrogens (primary N) is 1. The summed E-state index contributed by atoms with van der Waals surface area (Å²) < 4.78 is 0. The van der Waals surface area contributed by atoms with Gasteiger partial charge in [0.2, 0.25) is 11.8 Å². The molecule has 0 aromatic rings. The maximum Gasteiger partial charge on any atom is 0.233 e. The lowest BCUT2D eigenvalue weighted by Gasteiger charge is -2.33. The molecule has 2 unspecified atom stereocenters. The number of hydrogen-bond acceptors (Lipinski definition) is 3. The number of likely N-dealkylation sites (tertiary alicyclic amines) is 1. The van der Waals surface area contributed by atoms with Gasteiger partial charge in [0.15, 0.2) is 0 Å². The standard InChI is InChI=1S/C12H20N2O2/c1-12(2,7-13)14-10(15)8-5-3-4-6-9(8)11(14)16/h8-9H,3-7,13H2,1-2H3. The van der Waals surface area contributed by atoms with Crippen molar-refractivity contribution in [2.75, 3.05) is 6.54 Å². The Bertz CT molecular complexity index is 301. The monoisotopic (exact) mass is 224 g/mol. The molecule has 1 aliphatic carbocycles. The van der Waals surface area contributed by atoms with Crippen LogP contribution in [0.3, 0.4) is 0 Å². The number of fused-ring (bicyclic) bond motifs is 1. The van der Waals surface area contributed by atoms with E-state index in [2.05, 4.69) is 0 Å². The van der Waals surface area contributed by atoms with Crippen molar-refractivity contribution in [1.29, 1.82) is 0 Å². The van der Waals surface area contributed by atoms with Gasteiger partial charge in [0.25, 0.3) is 0 Å². The third-order valence-electron chi connectivity index (χ3n) is 3.95. The van der Waals surface area contributed by atoms with Gasteiger partial charge < -0.3 is 5.73 Å². The molecule has 2 rings (SSSR count). The summed E-state index contributed by atoms with van der Waals surface area (Å²) in [5, 5.41) is 0. The van der Waals surface area contributed by atoms with Crippen molar-refractivity contribution in [2.45, 2.75) is 45.1 Å². The molecule has 0 spiro atoms. The predicted octanol–water partition coefficient (Wildman–Crippen LogP) is 0.899. The van der Waals surface area contributed by atoms with E-state index in [0.29, 0.717) is 6.54 Å². The third-order valence-corrected chi connectivity index (χ3v) is 3.95. The van der Waals surface area contributed by atoms with Gasteiger partial charge in [-0.25, -0.2) is 0 Å². The molecule has 1 saturated heterocycles. The Morgan fingerprint density at radius 3 is 2.00 bits per heavy atom. The number of hydrogen-bond donors (Lipinski definition) is 1. The summed E-state index contributed by atoms with van der Waals surface area (Å²) in [4.78, 5) is 25.8.